The molecular formula is C17H27NO. The predicted molar refractivity (Wildman–Crippen MR) is 80.7 cm³/mol. The van der Waals surface area contributed by atoms with Crippen molar-refractivity contribution >= 4 is 0 Å². The fourth-order valence-electron chi connectivity index (χ4n) is 2.56. The minimum Gasteiger partial charge on any atom is -0.494 e. The summed E-state index contributed by atoms with van der Waals surface area (Å²) in [6.07, 6.45) is 6.33. The molecule has 0 aliphatic heterocycles. The first-order valence-electron chi connectivity index (χ1n) is 7.78. The van der Waals surface area contributed by atoms with Gasteiger partial charge in [-0.05, 0) is 62.3 Å². The van der Waals surface area contributed by atoms with Crippen LogP contribution in [0.3, 0.4) is 0 Å². The second-order valence-electron chi connectivity index (χ2n) is 5.53. The van der Waals surface area contributed by atoms with Crippen molar-refractivity contribution in [3.05, 3.63) is 29.8 Å². The summed E-state index contributed by atoms with van der Waals surface area (Å²) < 4.78 is 5.61. The maximum absolute atomic E-state index is 5.61. The fourth-order valence-corrected chi connectivity index (χ4v) is 2.56. The highest BCUT2D eigenvalue weighted by molar-refractivity contribution is 5.27. The van der Waals surface area contributed by atoms with Gasteiger partial charge in [0, 0.05) is 6.04 Å². The van der Waals surface area contributed by atoms with Crippen LogP contribution in [-0.2, 0) is 6.42 Å². The van der Waals surface area contributed by atoms with Gasteiger partial charge in [0.1, 0.15) is 5.75 Å². The van der Waals surface area contributed by atoms with E-state index in [1.807, 2.05) is 0 Å². The highest BCUT2D eigenvalue weighted by Gasteiger charge is 2.29. The zero-order chi connectivity index (χ0) is 13.5. The molecule has 1 atom stereocenters. The minimum absolute atomic E-state index is 0.723. The lowest BCUT2D eigenvalue weighted by atomic mass is 10.0. The van der Waals surface area contributed by atoms with E-state index in [0.29, 0.717) is 0 Å². The summed E-state index contributed by atoms with van der Waals surface area (Å²) >= 11 is 0. The minimum atomic E-state index is 0.723. The molecule has 1 N–H and O–H groups in total. The smallest absolute Gasteiger partial charge is 0.119 e. The molecule has 1 saturated carbocycles. The van der Waals surface area contributed by atoms with Gasteiger partial charge in [-0.15, -0.1) is 0 Å². The maximum atomic E-state index is 5.61. The summed E-state index contributed by atoms with van der Waals surface area (Å²) in [4.78, 5) is 0. The van der Waals surface area contributed by atoms with Gasteiger partial charge < -0.3 is 10.1 Å². The van der Waals surface area contributed by atoms with E-state index in [-0.39, 0.29) is 0 Å². The Morgan fingerprint density at radius 3 is 2.53 bits per heavy atom. The molecule has 2 heteroatoms. The van der Waals surface area contributed by atoms with E-state index in [1.54, 1.807) is 0 Å². The first-order valence-corrected chi connectivity index (χ1v) is 7.78. The van der Waals surface area contributed by atoms with Crippen LogP contribution in [0.4, 0.5) is 0 Å². The Morgan fingerprint density at radius 2 is 1.95 bits per heavy atom. The molecule has 2 rings (SSSR count). The van der Waals surface area contributed by atoms with Gasteiger partial charge in [-0.3, -0.25) is 0 Å². The van der Waals surface area contributed by atoms with Crippen LogP contribution in [0.1, 0.15) is 45.1 Å². The highest BCUT2D eigenvalue weighted by atomic mass is 16.5. The van der Waals surface area contributed by atoms with Gasteiger partial charge in [0.25, 0.3) is 0 Å². The zero-order valence-corrected chi connectivity index (χ0v) is 12.3. The first-order chi connectivity index (χ1) is 9.33. The van der Waals surface area contributed by atoms with E-state index in [1.165, 1.54) is 31.2 Å². The summed E-state index contributed by atoms with van der Waals surface area (Å²) in [6.45, 7) is 6.23. The molecule has 0 radical (unpaired) electrons. The molecule has 0 spiro atoms. The Kier molecular flexibility index (Phi) is 5.71. The molecule has 19 heavy (non-hydrogen) atoms. The topological polar surface area (TPSA) is 21.3 Å². The molecule has 1 fully saturated rings. The average Bonchev–Trinajstić information content (AvgIpc) is 3.27. The Hall–Kier alpha value is -1.02. The van der Waals surface area contributed by atoms with Gasteiger partial charge in [0.2, 0.25) is 0 Å². The third-order valence-electron chi connectivity index (χ3n) is 3.80. The lowest BCUT2D eigenvalue weighted by molar-refractivity contribution is 0.317. The van der Waals surface area contributed by atoms with Crippen LogP contribution in [-0.4, -0.2) is 19.2 Å². The van der Waals surface area contributed by atoms with Gasteiger partial charge in [-0.25, -0.2) is 0 Å². The van der Waals surface area contributed by atoms with Crippen LogP contribution in [0, 0.1) is 5.92 Å². The van der Waals surface area contributed by atoms with E-state index in [2.05, 4.69) is 43.4 Å². The van der Waals surface area contributed by atoms with Gasteiger partial charge in [0.05, 0.1) is 6.61 Å². The number of nitrogens with one attached hydrogen (secondary N) is 1. The Morgan fingerprint density at radius 1 is 1.21 bits per heavy atom. The van der Waals surface area contributed by atoms with E-state index in [4.69, 9.17) is 4.74 Å². The molecule has 1 unspecified atom stereocenters. The van der Waals surface area contributed by atoms with Crippen molar-refractivity contribution in [1.29, 1.82) is 0 Å². The molecule has 0 bridgehead atoms. The largest absolute Gasteiger partial charge is 0.494 e. The molecule has 0 saturated heterocycles. The molecule has 1 aromatic carbocycles. The third-order valence-corrected chi connectivity index (χ3v) is 3.80. The molecular weight excluding hydrogens is 234 g/mol. The molecule has 2 nitrogen and oxygen atoms in total. The Labute approximate surface area is 117 Å². The van der Waals surface area contributed by atoms with Gasteiger partial charge >= 0.3 is 0 Å². The van der Waals surface area contributed by atoms with Crippen molar-refractivity contribution in [2.24, 2.45) is 5.92 Å². The predicted octanol–water partition coefficient (Wildman–Crippen LogP) is 3.80. The summed E-state index contributed by atoms with van der Waals surface area (Å²) in [5.41, 5.74) is 1.42. The number of hydrogen-bond donors (Lipinski definition) is 1. The quantitative estimate of drug-likeness (QED) is 0.730. The van der Waals surface area contributed by atoms with Crippen LogP contribution < -0.4 is 10.1 Å². The van der Waals surface area contributed by atoms with E-state index in [9.17, 15) is 0 Å². The van der Waals surface area contributed by atoms with Crippen molar-refractivity contribution < 1.29 is 4.74 Å². The molecule has 1 aliphatic rings. The fraction of sp³-hybridized carbons (Fsp3) is 0.647. The van der Waals surface area contributed by atoms with E-state index in [0.717, 1.165) is 37.3 Å². The van der Waals surface area contributed by atoms with Crippen molar-refractivity contribution in [2.45, 2.75) is 52.0 Å². The first kappa shape index (κ1) is 14.4. The lowest BCUT2D eigenvalue weighted by Crippen LogP contribution is -2.31. The molecule has 1 aromatic rings. The lowest BCUT2D eigenvalue weighted by Gasteiger charge is -2.17. The molecule has 0 heterocycles. The second kappa shape index (κ2) is 7.54. The van der Waals surface area contributed by atoms with Crippen LogP contribution in [0.2, 0.25) is 0 Å². The monoisotopic (exact) mass is 261 g/mol. The van der Waals surface area contributed by atoms with Crippen LogP contribution in [0.15, 0.2) is 24.3 Å². The summed E-state index contributed by atoms with van der Waals surface area (Å²) in [6, 6.07) is 9.34. The molecule has 1 aliphatic carbocycles. The number of hydrogen-bond acceptors (Lipinski definition) is 2. The normalized spacial score (nSPS) is 16.3. The Bertz CT molecular complexity index is 356. The van der Waals surface area contributed by atoms with Crippen molar-refractivity contribution in [3.8, 4) is 5.75 Å². The number of aryl methyl sites for hydroxylation is 1. The maximum Gasteiger partial charge on any atom is 0.119 e. The van der Waals surface area contributed by atoms with Crippen LogP contribution >= 0.6 is 0 Å². The zero-order valence-electron chi connectivity index (χ0n) is 12.3. The summed E-state index contributed by atoms with van der Waals surface area (Å²) in [5.74, 6) is 1.93. The number of ether oxygens (including phenoxy) is 1. The summed E-state index contributed by atoms with van der Waals surface area (Å²) in [5, 5.41) is 3.63. The van der Waals surface area contributed by atoms with Crippen molar-refractivity contribution in [3.63, 3.8) is 0 Å². The van der Waals surface area contributed by atoms with Crippen molar-refractivity contribution in [2.75, 3.05) is 13.2 Å². The Balaban J connectivity index is 1.78. The van der Waals surface area contributed by atoms with Gasteiger partial charge in [-0.1, -0.05) is 26.0 Å². The number of rotatable bonds is 9. The van der Waals surface area contributed by atoms with Crippen molar-refractivity contribution in [1.82, 2.24) is 5.32 Å². The standard InChI is InChI=1S/C17H27NO/c1-3-13-19-16-10-5-14(6-11-16)7-12-17(18-4-2)15-8-9-15/h5-6,10-11,15,17-18H,3-4,7-9,12-13H2,1-2H3. The highest BCUT2D eigenvalue weighted by Crippen LogP contribution is 2.34. The van der Waals surface area contributed by atoms with Crippen LogP contribution in [0.25, 0.3) is 0 Å². The van der Waals surface area contributed by atoms with Gasteiger partial charge in [-0.2, -0.15) is 0 Å². The molecule has 0 aromatic heterocycles. The van der Waals surface area contributed by atoms with Gasteiger partial charge in [0.15, 0.2) is 0 Å². The average molecular weight is 261 g/mol. The molecule has 106 valence electrons. The molecule has 0 amide bonds. The summed E-state index contributed by atoms with van der Waals surface area (Å²) in [7, 11) is 0. The van der Waals surface area contributed by atoms with Crippen LogP contribution in [0.5, 0.6) is 5.75 Å². The van der Waals surface area contributed by atoms with E-state index >= 15 is 0 Å². The number of benzene rings is 1. The second-order valence-corrected chi connectivity index (χ2v) is 5.53. The third kappa shape index (κ3) is 4.87. The SMILES string of the molecule is CCCOc1ccc(CCC(NCC)C2CC2)cc1. The van der Waals surface area contributed by atoms with E-state index < -0.39 is 0 Å².